The molecule has 7 nitrogen and oxygen atoms in total. The topological polar surface area (TPSA) is 86.8 Å². The Hall–Kier alpha value is -3.31. The van der Waals surface area contributed by atoms with E-state index in [-0.39, 0.29) is 30.6 Å². The molecule has 0 aromatic heterocycles. The lowest BCUT2D eigenvalue weighted by Crippen LogP contribution is -2.54. The third-order valence-corrected chi connectivity index (χ3v) is 8.08. The fourth-order valence-corrected chi connectivity index (χ4v) is 5.14. The molecule has 0 unspecified atom stereocenters. The number of nitrogens with one attached hydrogen (secondary N) is 1. The Morgan fingerprint density at radius 1 is 0.950 bits per heavy atom. The van der Waals surface area contributed by atoms with Crippen LogP contribution in [-0.4, -0.2) is 50.0 Å². The van der Waals surface area contributed by atoms with Crippen molar-refractivity contribution in [1.29, 1.82) is 0 Å². The summed E-state index contributed by atoms with van der Waals surface area (Å²) in [7, 11) is -4.09. The molecular formula is C29H32BrF2N3O4S. The van der Waals surface area contributed by atoms with Crippen LogP contribution < -0.4 is 9.62 Å². The zero-order chi connectivity index (χ0) is 29.4. The van der Waals surface area contributed by atoms with Crippen molar-refractivity contribution >= 4 is 43.5 Å². The van der Waals surface area contributed by atoms with Crippen molar-refractivity contribution in [2.24, 2.45) is 0 Å². The first-order valence-electron chi connectivity index (χ1n) is 12.7. The van der Waals surface area contributed by atoms with Gasteiger partial charge in [-0.2, -0.15) is 0 Å². The van der Waals surface area contributed by atoms with E-state index in [1.165, 1.54) is 4.90 Å². The van der Waals surface area contributed by atoms with Crippen LogP contribution in [0.1, 0.15) is 31.4 Å². The summed E-state index contributed by atoms with van der Waals surface area (Å²) in [4.78, 5) is 28.9. The average Bonchev–Trinajstić information content (AvgIpc) is 2.91. The number of amides is 2. The van der Waals surface area contributed by atoms with Crippen molar-refractivity contribution in [3.8, 4) is 0 Å². The van der Waals surface area contributed by atoms with E-state index in [1.807, 2.05) is 44.2 Å². The normalized spacial score (nSPS) is 12.8. The summed E-state index contributed by atoms with van der Waals surface area (Å²) in [6.45, 7) is 3.07. The van der Waals surface area contributed by atoms with Gasteiger partial charge in [0.05, 0.1) is 11.9 Å². The van der Waals surface area contributed by atoms with Gasteiger partial charge in [0.1, 0.15) is 12.6 Å². The summed E-state index contributed by atoms with van der Waals surface area (Å²) in [6.07, 6.45) is 1.72. The molecule has 2 amide bonds. The fraction of sp³-hybridized carbons (Fsp3) is 0.310. The Bertz CT molecular complexity index is 1420. The number of hydrogen-bond acceptors (Lipinski definition) is 4. The number of carbonyl (C=O) groups excluding carboxylic acids is 2. The maximum atomic E-state index is 14.0. The molecule has 11 heteroatoms. The van der Waals surface area contributed by atoms with E-state index in [2.05, 4.69) is 21.2 Å². The van der Waals surface area contributed by atoms with Gasteiger partial charge in [-0.25, -0.2) is 17.2 Å². The molecule has 0 saturated carbocycles. The number of benzene rings is 3. The van der Waals surface area contributed by atoms with Crippen molar-refractivity contribution in [1.82, 2.24) is 10.2 Å². The Morgan fingerprint density at radius 3 is 2.17 bits per heavy atom. The van der Waals surface area contributed by atoms with Gasteiger partial charge in [0, 0.05) is 29.5 Å². The van der Waals surface area contributed by atoms with E-state index in [4.69, 9.17) is 0 Å². The molecule has 0 aliphatic carbocycles. The van der Waals surface area contributed by atoms with Crippen molar-refractivity contribution in [3.63, 3.8) is 0 Å². The number of hydrogen-bond donors (Lipinski definition) is 1. The van der Waals surface area contributed by atoms with Gasteiger partial charge in [0.25, 0.3) is 0 Å². The molecule has 0 aliphatic heterocycles. The molecule has 0 bridgehead atoms. The second-order valence-corrected chi connectivity index (χ2v) is 12.4. The molecule has 0 saturated heterocycles. The predicted octanol–water partition coefficient (Wildman–Crippen LogP) is 5.05. The van der Waals surface area contributed by atoms with E-state index in [1.54, 1.807) is 24.3 Å². The molecule has 40 heavy (non-hydrogen) atoms. The first-order valence-corrected chi connectivity index (χ1v) is 15.3. The highest BCUT2D eigenvalue weighted by Gasteiger charge is 2.33. The van der Waals surface area contributed by atoms with Crippen LogP contribution in [0.15, 0.2) is 77.3 Å². The monoisotopic (exact) mass is 635 g/mol. The Kier molecular flexibility index (Phi) is 10.8. The van der Waals surface area contributed by atoms with Gasteiger partial charge < -0.3 is 10.2 Å². The fourth-order valence-electron chi connectivity index (χ4n) is 4.04. The van der Waals surface area contributed by atoms with Gasteiger partial charge in [-0.1, -0.05) is 65.3 Å². The minimum absolute atomic E-state index is 0.00687. The highest BCUT2D eigenvalue weighted by Crippen LogP contribution is 2.23. The largest absolute Gasteiger partial charge is 0.352 e. The summed E-state index contributed by atoms with van der Waals surface area (Å²) in [5.74, 6) is -3.47. The maximum absolute atomic E-state index is 14.0. The minimum atomic E-state index is -4.09. The zero-order valence-corrected chi connectivity index (χ0v) is 24.9. The molecular weight excluding hydrogens is 604 g/mol. The Balaban J connectivity index is 2.06. The summed E-state index contributed by atoms with van der Waals surface area (Å²) >= 11 is 3.39. The van der Waals surface area contributed by atoms with Crippen LogP contribution in [0.3, 0.4) is 0 Å². The summed E-state index contributed by atoms with van der Waals surface area (Å²) in [6, 6.07) is 17.8. The molecule has 3 rings (SSSR count). The van der Waals surface area contributed by atoms with E-state index in [9.17, 15) is 26.8 Å². The summed E-state index contributed by atoms with van der Waals surface area (Å²) in [5.41, 5.74) is 1.31. The van der Waals surface area contributed by atoms with Crippen LogP contribution in [0.5, 0.6) is 0 Å². The number of halogens is 3. The zero-order valence-electron chi connectivity index (χ0n) is 22.5. The lowest BCUT2D eigenvalue weighted by molar-refractivity contribution is -0.140. The molecule has 3 aromatic rings. The first-order chi connectivity index (χ1) is 18.9. The number of rotatable bonds is 12. The van der Waals surface area contributed by atoms with Crippen LogP contribution in [0.2, 0.25) is 0 Å². The number of anilines is 1. The summed E-state index contributed by atoms with van der Waals surface area (Å²) < 4.78 is 54.6. The highest BCUT2D eigenvalue weighted by molar-refractivity contribution is 9.10. The number of carbonyl (C=O) groups is 2. The molecule has 0 spiro atoms. The number of nitrogens with zero attached hydrogens (tertiary/aromatic N) is 2. The van der Waals surface area contributed by atoms with Gasteiger partial charge in [0.2, 0.25) is 21.8 Å². The molecule has 0 heterocycles. The lowest BCUT2D eigenvalue weighted by Gasteiger charge is -2.34. The van der Waals surface area contributed by atoms with Crippen molar-refractivity contribution in [2.75, 3.05) is 17.1 Å². The Labute approximate surface area is 242 Å². The smallest absolute Gasteiger partial charge is 0.244 e. The Morgan fingerprint density at radius 2 is 1.60 bits per heavy atom. The average molecular weight is 637 g/mol. The minimum Gasteiger partial charge on any atom is -0.352 e. The van der Waals surface area contributed by atoms with E-state index >= 15 is 0 Å². The summed E-state index contributed by atoms with van der Waals surface area (Å²) in [5, 5.41) is 2.95. The SMILES string of the molecule is CC[C@H](C)NC(=O)[C@@H](Cc1ccccc1)N(Cc1ccc(Br)cc1)C(=O)CN(c1ccc(F)c(F)c1)S(C)(=O)=O. The molecule has 0 aliphatic rings. The van der Waals surface area contributed by atoms with Gasteiger partial charge in [-0.15, -0.1) is 0 Å². The molecule has 3 aromatic carbocycles. The van der Waals surface area contributed by atoms with Crippen molar-refractivity contribution < 1.29 is 26.8 Å². The van der Waals surface area contributed by atoms with Crippen molar-refractivity contribution in [3.05, 3.63) is 100 Å². The van der Waals surface area contributed by atoms with Crippen molar-refractivity contribution in [2.45, 2.75) is 45.3 Å². The quantitative estimate of drug-likeness (QED) is 0.302. The standard InChI is InChI=1S/C29H32BrF2N3O4S/c1-4-20(2)33-29(37)27(16-21-8-6-5-7-9-21)34(18-22-10-12-23(30)13-11-22)28(36)19-35(40(3,38)39)24-14-15-25(31)26(32)17-24/h5-15,17,20,27H,4,16,18-19H2,1-3H3,(H,33,37)/t20-,27+/m0/s1. The first kappa shape index (κ1) is 31.2. The second kappa shape index (κ2) is 13.8. The second-order valence-electron chi connectivity index (χ2n) is 9.54. The number of sulfonamides is 1. The van der Waals surface area contributed by atoms with E-state index in [0.29, 0.717) is 16.3 Å². The molecule has 0 radical (unpaired) electrons. The van der Waals surface area contributed by atoms with Crippen LogP contribution >= 0.6 is 15.9 Å². The van der Waals surface area contributed by atoms with E-state index < -0.39 is 40.2 Å². The molecule has 2 atom stereocenters. The molecule has 0 fully saturated rings. The lowest BCUT2D eigenvalue weighted by atomic mass is 10.0. The van der Waals surface area contributed by atoms with Crippen LogP contribution in [0.4, 0.5) is 14.5 Å². The predicted molar refractivity (Wildman–Crippen MR) is 155 cm³/mol. The third-order valence-electron chi connectivity index (χ3n) is 6.41. The molecule has 1 N–H and O–H groups in total. The van der Waals surface area contributed by atoms with Crippen LogP contribution in [0, 0.1) is 11.6 Å². The van der Waals surface area contributed by atoms with E-state index in [0.717, 1.165) is 34.5 Å². The van der Waals surface area contributed by atoms with Gasteiger partial charge in [-0.05, 0) is 48.7 Å². The molecule has 214 valence electrons. The highest BCUT2D eigenvalue weighted by atomic mass is 79.9. The van der Waals surface area contributed by atoms with Gasteiger partial charge >= 0.3 is 0 Å². The van der Waals surface area contributed by atoms with Gasteiger partial charge in [0.15, 0.2) is 11.6 Å². The van der Waals surface area contributed by atoms with Gasteiger partial charge in [-0.3, -0.25) is 13.9 Å². The third kappa shape index (κ3) is 8.59. The van der Waals surface area contributed by atoms with Crippen LogP contribution in [0.25, 0.3) is 0 Å². The maximum Gasteiger partial charge on any atom is 0.244 e. The van der Waals surface area contributed by atoms with Crippen LogP contribution in [-0.2, 0) is 32.6 Å².